The average Bonchev–Trinajstić information content (AvgIpc) is 3.14. The van der Waals surface area contributed by atoms with Crippen LogP contribution in [-0.4, -0.2) is 19.0 Å². The summed E-state index contributed by atoms with van der Waals surface area (Å²) in [6.07, 6.45) is 2.37. The fourth-order valence-electron chi connectivity index (χ4n) is 2.57. The molecule has 1 aliphatic carbocycles. The average molecular weight is 299 g/mol. The van der Waals surface area contributed by atoms with Crippen LogP contribution in [0.4, 0.5) is 5.69 Å². The molecule has 1 aromatic heterocycles. The molecule has 1 heterocycles. The van der Waals surface area contributed by atoms with E-state index in [4.69, 9.17) is 9.15 Å². The minimum atomic E-state index is -0.461. The van der Waals surface area contributed by atoms with E-state index in [0.717, 1.165) is 17.7 Å². The lowest BCUT2D eigenvalue weighted by Crippen LogP contribution is -2.17. The first kappa shape index (κ1) is 14.4. The predicted molar refractivity (Wildman–Crippen MR) is 80.7 cm³/mol. The number of carbonyl (C=O) groups excluding carboxylic acids is 2. The number of amides is 1. The SMILES string of the molecule is COC(=O)c1cc(C)ccc1NC(=O)C1CC1c1ccco1. The Kier molecular flexibility index (Phi) is 3.71. The molecule has 1 fully saturated rings. The molecule has 1 saturated carbocycles. The zero-order chi connectivity index (χ0) is 15.7. The molecule has 22 heavy (non-hydrogen) atoms. The van der Waals surface area contributed by atoms with Gasteiger partial charge in [0.05, 0.1) is 24.6 Å². The summed E-state index contributed by atoms with van der Waals surface area (Å²) >= 11 is 0. The summed E-state index contributed by atoms with van der Waals surface area (Å²) in [5.74, 6) is 0.282. The van der Waals surface area contributed by atoms with Gasteiger partial charge in [0, 0.05) is 11.8 Å². The Balaban J connectivity index is 1.74. The summed E-state index contributed by atoms with van der Waals surface area (Å²) in [7, 11) is 1.32. The number of esters is 1. The molecule has 1 N–H and O–H groups in total. The zero-order valence-corrected chi connectivity index (χ0v) is 12.5. The number of benzene rings is 1. The fraction of sp³-hybridized carbons (Fsp3) is 0.294. The van der Waals surface area contributed by atoms with Crippen LogP contribution < -0.4 is 5.32 Å². The van der Waals surface area contributed by atoms with Crippen LogP contribution >= 0.6 is 0 Å². The largest absolute Gasteiger partial charge is 0.469 e. The van der Waals surface area contributed by atoms with Crippen LogP contribution in [0.1, 0.15) is 34.0 Å². The van der Waals surface area contributed by atoms with Crippen LogP contribution in [0.5, 0.6) is 0 Å². The van der Waals surface area contributed by atoms with Gasteiger partial charge in [-0.25, -0.2) is 4.79 Å². The van der Waals surface area contributed by atoms with Crippen molar-refractivity contribution < 1.29 is 18.7 Å². The van der Waals surface area contributed by atoms with Crippen molar-refractivity contribution in [3.63, 3.8) is 0 Å². The van der Waals surface area contributed by atoms with Crippen molar-refractivity contribution >= 4 is 17.6 Å². The lowest BCUT2D eigenvalue weighted by atomic mass is 10.1. The highest BCUT2D eigenvalue weighted by atomic mass is 16.5. The molecule has 0 bridgehead atoms. The molecule has 1 amide bonds. The van der Waals surface area contributed by atoms with Crippen LogP contribution in [-0.2, 0) is 9.53 Å². The molecule has 2 atom stereocenters. The van der Waals surface area contributed by atoms with Gasteiger partial charge in [-0.3, -0.25) is 4.79 Å². The van der Waals surface area contributed by atoms with E-state index >= 15 is 0 Å². The number of anilines is 1. The number of methoxy groups -OCH3 is 1. The van der Waals surface area contributed by atoms with Gasteiger partial charge in [-0.05, 0) is 37.6 Å². The molecule has 0 saturated heterocycles. The number of nitrogens with one attached hydrogen (secondary N) is 1. The van der Waals surface area contributed by atoms with E-state index in [2.05, 4.69) is 5.32 Å². The monoisotopic (exact) mass is 299 g/mol. The summed E-state index contributed by atoms with van der Waals surface area (Å²) in [6.45, 7) is 1.88. The molecule has 0 aliphatic heterocycles. The Morgan fingerprint density at radius 3 is 2.82 bits per heavy atom. The molecule has 3 rings (SSSR count). The van der Waals surface area contributed by atoms with Gasteiger partial charge in [0.1, 0.15) is 5.76 Å². The summed E-state index contributed by atoms with van der Waals surface area (Å²) < 4.78 is 10.1. The van der Waals surface area contributed by atoms with E-state index in [1.54, 1.807) is 18.4 Å². The van der Waals surface area contributed by atoms with Crippen molar-refractivity contribution in [2.45, 2.75) is 19.3 Å². The fourth-order valence-corrected chi connectivity index (χ4v) is 2.57. The smallest absolute Gasteiger partial charge is 0.339 e. The molecule has 114 valence electrons. The highest BCUT2D eigenvalue weighted by Gasteiger charge is 2.46. The summed E-state index contributed by atoms with van der Waals surface area (Å²) in [4.78, 5) is 24.1. The number of carbonyl (C=O) groups is 2. The van der Waals surface area contributed by atoms with Gasteiger partial charge in [-0.2, -0.15) is 0 Å². The first-order valence-electron chi connectivity index (χ1n) is 7.13. The third-order valence-electron chi connectivity index (χ3n) is 3.87. The molecule has 1 aromatic carbocycles. The second kappa shape index (κ2) is 5.67. The second-order valence-electron chi connectivity index (χ2n) is 5.49. The third-order valence-corrected chi connectivity index (χ3v) is 3.87. The highest BCUT2D eigenvalue weighted by Crippen LogP contribution is 2.48. The maximum Gasteiger partial charge on any atom is 0.339 e. The van der Waals surface area contributed by atoms with E-state index in [1.807, 2.05) is 25.1 Å². The molecule has 2 unspecified atom stereocenters. The number of rotatable bonds is 4. The number of furan rings is 1. The van der Waals surface area contributed by atoms with Gasteiger partial charge in [-0.15, -0.1) is 0 Å². The molecule has 2 aromatic rings. The Morgan fingerprint density at radius 1 is 1.32 bits per heavy atom. The van der Waals surface area contributed by atoms with E-state index in [-0.39, 0.29) is 17.7 Å². The van der Waals surface area contributed by atoms with Gasteiger partial charge in [-0.1, -0.05) is 11.6 Å². The normalized spacial score (nSPS) is 19.5. The lowest BCUT2D eigenvalue weighted by Gasteiger charge is -2.10. The van der Waals surface area contributed by atoms with E-state index in [0.29, 0.717) is 11.3 Å². The topological polar surface area (TPSA) is 68.5 Å². The highest BCUT2D eigenvalue weighted by molar-refractivity contribution is 6.02. The van der Waals surface area contributed by atoms with E-state index in [9.17, 15) is 9.59 Å². The van der Waals surface area contributed by atoms with Crippen molar-refractivity contribution in [3.8, 4) is 0 Å². The summed E-state index contributed by atoms with van der Waals surface area (Å²) in [5.41, 5.74) is 1.77. The minimum Gasteiger partial charge on any atom is -0.469 e. The molecule has 0 spiro atoms. The third kappa shape index (κ3) is 2.74. The number of ether oxygens (including phenoxy) is 1. The number of hydrogen-bond acceptors (Lipinski definition) is 4. The van der Waals surface area contributed by atoms with Gasteiger partial charge in [0.2, 0.25) is 5.91 Å². The van der Waals surface area contributed by atoms with Gasteiger partial charge >= 0.3 is 5.97 Å². The minimum absolute atomic E-state index is 0.101. The Labute approximate surface area is 128 Å². The maximum absolute atomic E-state index is 12.3. The second-order valence-corrected chi connectivity index (χ2v) is 5.49. The van der Waals surface area contributed by atoms with Crippen molar-refractivity contribution in [2.75, 3.05) is 12.4 Å². The van der Waals surface area contributed by atoms with Crippen molar-refractivity contribution in [3.05, 3.63) is 53.5 Å². The first-order valence-corrected chi connectivity index (χ1v) is 7.13. The first-order chi connectivity index (χ1) is 10.6. The molecule has 0 radical (unpaired) electrons. The van der Waals surface area contributed by atoms with Gasteiger partial charge in [0.25, 0.3) is 0 Å². The van der Waals surface area contributed by atoms with E-state index in [1.165, 1.54) is 7.11 Å². The summed E-state index contributed by atoms with van der Waals surface area (Å²) in [5, 5.41) is 2.83. The van der Waals surface area contributed by atoms with Crippen molar-refractivity contribution in [2.24, 2.45) is 5.92 Å². The predicted octanol–water partition coefficient (Wildman–Crippen LogP) is 3.12. The number of hydrogen-bond donors (Lipinski definition) is 1. The van der Waals surface area contributed by atoms with Crippen molar-refractivity contribution in [1.82, 2.24) is 0 Å². The van der Waals surface area contributed by atoms with Gasteiger partial charge in [0.15, 0.2) is 0 Å². The van der Waals surface area contributed by atoms with Crippen LogP contribution in [0.25, 0.3) is 0 Å². The van der Waals surface area contributed by atoms with Crippen LogP contribution in [0.3, 0.4) is 0 Å². The zero-order valence-electron chi connectivity index (χ0n) is 12.5. The van der Waals surface area contributed by atoms with Crippen LogP contribution in [0, 0.1) is 12.8 Å². The van der Waals surface area contributed by atoms with Crippen molar-refractivity contribution in [1.29, 1.82) is 0 Å². The number of aryl methyl sites for hydroxylation is 1. The molecule has 1 aliphatic rings. The van der Waals surface area contributed by atoms with Crippen LogP contribution in [0.2, 0.25) is 0 Å². The molecular formula is C17H17NO4. The molecular weight excluding hydrogens is 282 g/mol. The Morgan fingerprint density at radius 2 is 2.14 bits per heavy atom. The van der Waals surface area contributed by atoms with Crippen LogP contribution in [0.15, 0.2) is 41.0 Å². The van der Waals surface area contributed by atoms with E-state index < -0.39 is 5.97 Å². The summed E-state index contributed by atoms with van der Waals surface area (Å²) in [6, 6.07) is 8.97. The standard InChI is InChI=1S/C17H17NO4/c1-10-5-6-14(13(8-10)17(20)21-2)18-16(19)12-9-11(12)15-4-3-7-22-15/h3-8,11-12H,9H2,1-2H3,(H,18,19). The van der Waals surface area contributed by atoms with Gasteiger partial charge < -0.3 is 14.5 Å². The Hall–Kier alpha value is -2.56. The molecule has 5 nitrogen and oxygen atoms in total. The lowest BCUT2D eigenvalue weighted by molar-refractivity contribution is -0.117. The maximum atomic E-state index is 12.3. The Bertz CT molecular complexity index is 705. The molecule has 5 heteroatoms. The quantitative estimate of drug-likeness (QED) is 0.881.